The lowest BCUT2D eigenvalue weighted by atomic mass is 9.97. The lowest BCUT2D eigenvalue weighted by Crippen LogP contribution is -2.46. The number of Topliss-reactive ketones (excluding diaryl/α,β-unsaturated/α-hetero) is 1. The fourth-order valence-electron chi connectivity index (χ4n) is 3.63. The maximum absolute atomic E-state index is 12.5. The summed E-state index contributed by atoms with van der Waals surface area (Å²) in [6.07, 6.45) is 5.16. The molecule has 0 aliphatic carbocycles. The summed E-state index contributed by atoms with van der Waals surface area (Å²) in [5.74, 6) is 0.101. The number of nitrogens with zero attached hydrogens (tertiary/aromatic N) is 3. The number of thiazole rings is 1. The summed E-state index contributed by atoms with van der Waals surface area (Å²) in [4.78, 5) is 21.4. The third-order valence-electron chi connectivity index (χ3n) is 5.05. The van der Waals surface area contributed by atoms with Crippen LogP contribution in [0.4, 0.5) is 0 Å². The van der Waals surface area contributed by atoms with Crippen LogP contribution in [0.1, 0.15) is 24.8 Å². The molecule has 136 valence electrons. The number of carbonyl (C=O) groups excluding carboxylic acids is 1. The van der Waals surface area contributed by atoms with Crippen molar-refractivity contribution in [3.05, 3.63) is 35.6 Å². The zero-order valence-corrected chi connectivity index (χ0v) is 15.5. The Morgan fingerprint density at radius 1 is 1.42 bits per heavy atom. The van der Waals surface area contributed by atoms with Gasteiger partial charge in [0.25, 0.3) is 0 Å². The largest absolute Gasteiger partial charge is 0.391 e. The van der Waals surface area contributed by atoms with Gasteiger partial charge in [-0.25, -0.2) is 9.97 Å². The number of imidazole rings is 1. The number of rotatable bonds is 5. The van der Waals surface area contributed by atoms with Crippen LogP contribution in [0.2, 0.25) is 0 Å². The molecule has 2 atom stereocenters. The first-order valence-corrected chi connectivity index (χ1v) is 9.79. The van der Waals surface area contributed by atoms with Gasteiger partial charge in [-0.3, -0.25) is 4.79 Å². The molecule has 0 saturated carbocycles. The van der Waals surface area contributed by atoms with Crippen molar-refractivity contribution in [2.75, 3.05) is 6.54 Å². The number of benzene rings is 1. The number of fused-ring (bicyclic) bond motifs is 1. The van der Waals surface area contributed by atoms with Crippen molar-refractivity contribution in [2.45, 2.75) is 44.9 Å². The van der Waals surface area contributed by atoms with Crippen molar-refractivity contribution in [1.82, 2.24) is 19.9 Å². The lowest BCUT2D eigenvalue weighted by Gasteiger charge is -2.28. The van der Waals surface area contributed by atoms with Crippen molar-refractivity contribution in [2.24, 2.45) is 0 Å². The number of aliphatic hydroxyl groups is 1. The molecule has 2 N–H and O–H groups in total. The van der Waals surface area contributed by atoms with Crippen molar-refractivity contribution in [3.8, 4) is 10.6 Å². The van der Waals surface area contributed by atoms with Gasteiger partial charge in [-0.1, -0.05) is 0 Å². The number of hydrogen-bond acceptors (Lipinski definition) is 6. The summed E-state index contributed by atoms with van der Waals surface area (Å²) in [5.41, 5.74) is 4.02. The van der Waals surface area contributed by atoms with Gasteiger partial charge in [0, 0.05) is 29.6 Å². The summed E-state index contributed by atoms with van der Waals surface area (Å²) in [5, 5.41) is 16.2. The van der Waals surface area contributed by atoms with E-state index in [-0.39, 0.29) is 18.4 Å². The number of carbonyl (C=O) groups is 1. The third kappa shape index (κ3) is 3.30. The van der Waals surface area contributed by atoms with Gasteiger partial charge in [0.2, 0.25) is 0 Å². The molecule has 1 aliphatic heterocycles. The first-order chi connectivity index (χ1) is 12.6. The standard InChI is InChI=1S/C19H22N4O2S/c1-12-14(19-21-7-8-26-19)4-5-16-18(12)22-11-23(16)10-13(24)9-15-17(25)3-2-6-20-15/h4-5,7-8,11,15,17,20,25H,2-3,6,9-10H2,1H3/t15-,17+/m1/s1. The second-order valence-electron chi connectivity index (χ2n) is 6.83. The first-order valence-electron chi connectivity index (χ1n) is 8.91. The molecule has 0 spiro atoms. The number of aliphatic hydroxyl groups excluding tert-OH is 1. The molecule has 4 rings (SSSR count). The fraction of sp³-hybridized carbons (Fsp3) is 0.421. The molecule has 0 amide bonds. The summed E-state index contributed by atoms with van der Waals surface area (Å²) in [6, 6.07) is 3.92. The smallest absolute Gasteiger partial charge is 0.154 e. The zero-order valence-electron chi connectivity index (χ0n) is 14.7. The van der Waals surface area contributed by atoms with E-state index >= 15 is 0 Å². The Morgan fingerprint density at radius 2 is 2.31 bits per heavy atom. The van der Waals surface area contributed by atoms with E-state index < -0.39 is 6.10 Å². The molecule has 6 nitrogen and oxygen atoms in total. The maximum Gasteiger partial charge on any atom is 0.154 e. The highest BCUT2D eigenvalue weighted by atomic mass is 32.1. The van der Waals surface area contributed by atoms with Crippen LogP contribution in [0, 0.1) is 6.92 Å². The number of piperidine rings is 1. The monoisotopic (exact) mass is 370 g/mol. The van der Waals surface area contributed by atoms with E-state index in [1.54, 1.807) is 23.9 Å². The van der Waals surface area contributed by atoms with Gasteiger partial charge in [-0.15, -0.1) is 11.3 Å². The summed E-state index contributed by atoms with van der Waals surface area (Å²) < 4.78 is 1.89. The number of aromatic nitrogens is 3. The van der Waals surface area contributed by atoms with Crippen LogP contribution in [0.5, 0.6) is 0 Å². The molecular formula is C19H22N4O2S. The topological polar surface area (TPSA) is 80.0 Å². The second-order valence-corrected chi connectivity index (χ2v) is 7.72. The minimum atomic E-state index is -0.435. The van der Waals surface area contributed by atoms with Crippen molar-refractivity contribution in [1.29, 1.82) is 0 Å². The van der Waals surface area contributed by atoms with E-state index in [0.29, 0.717) is 6.42 Å². The van der Waals surface area contributed by atoms with Crippen LogP contribution >= 0.6 is 11.3 Å². The predicted molar refractivity (Wildman–Crippen MR) is 102 cm³/mol. The van der Waals surface area contributed by atoms with E-state index in [2.05, 4.69) is 15.3 Å². The quantitative estimate of drug-likeness (QED) is 0.721. The first kappa shape index (κ1) is 17.3. The van der Waals surface area contributed by atoms with Gasteiger partial charge in [-0.05, 0) is 44.0 Å². The summed E-state index contributed by atoms with van der Waals surface area (Å²) in [6.45, 7) is 3.18. The highest BCUT2D eigenvalue weighted by molar-refractivity contribution is 7.13. The number of hydrogen-bond donors (Lipinski definition) is 2. The molecule has 3 aromatic rings. The van der Waals surface area contributed by atoms with E-state index in [9.17, 15) is 9.90 Å². The van der Waals surface area contributed by atoms with Gasteiger partial charge >= 0.3 is 0 Å². The molecule has 26 heavy (non-hydrogen) atoms. The number of ketones is 1. The van der Waals surface area contributed by atoms with E-state index in [1.165, 1.54) is 0 Å². The molecule has 1 aliphatic rings. The molecule has 1 fully saturated rings. The molecule has 1 aromatic carbocycles. The third-order valence-corrected chi connectivity index (χ3v) is 5.86. The molecule has 0 unspecified atom stereocenters. The average molecular weight is 370 g/mol. The highest BCUT2D eigenvalue weighted by Gasteiger charge is 2.25. The Morgan fingerprint density at radius 3 is 3.08 bits per heavy atom. The minimum Gasteiger partial charge on any atom is -0.391 e. The van der Waals surface area contributed by atoms with Crippen LogP contribution in [0.3, 0.4) is 0 Å². The van der Waals surface area contributed by atoms with Crippen molar-refractivity contribution < 1.29 is 9.90 Å². The van der Waals surface area contributed by atoms with Crippen LogP contribution in [0.25, 0.3) is 21.6 Å². The Balaban J connectivity index is 1.54. The molecular weight excluding hydrogens is 348 g/mol. The van der Waals surface area contributed by atoms with Gasteiger partial charge in [-0.2, -0.15) is 0 Å². The van der Waals surface area contributed by atoms with Crippen molar-refractivity contribution in [3.63, 3.8) is 0 Å². The minimum absolute atomic E-state index is 0.101. The zero-order chi connectivity index (χ0) is 18.1. The molecule has 3 heterocycles. The molecule has 0 radical (unpaired) electrons. The Bertz CT molecular complexity index is 919. The lowest BCUT2D eigenvalue weighted by molar-refractivity contribution is -0.121. The van der Waals surface area contributed by atoms with Gasteiger partial charge in [0.15, 0.2) is 5.78 Å². The van der Waals surface area contributed by atoms with E-state index in [4.69, 9.17) is 0 Å². The highest BCUT2D eigenvalue weighted by Crippen LogP contribution is 2.30. The maximum atomic E-state index is 12.5. The molecule has 2 aromatic heterocycles. The molecule has 0 bridgehead atoms. The Labute approximate surface area is 155 Å². The van der Waals surface area contributed by atoms with Gasteiger partial charge in [0.1, 0.15) is 5.01 Å². The normalized spacial score (nSPS) is 20.5. The van der Waals surface area contributed by atoms with Gasteiger partial charge in [0.05, 0.1) is 30.0 Å². The summed E-state index contributed by atoms with van der Waals surface area (Å²) >= 11 is 1.61. The van der Waals surface area contributed by atoms with Gasteiger partial charge < -0.3 is 15.0 Å². The Kier molecular flexibility index (Phi) is 4.84. The summed E-state index contributed by atoms with van der Waals surface area (Å²) in [7, 11) is 0. The van der Waals surface area contributed by atoms with Crippen LogP contribution in [0.15, 0.2) is 30.0 Å². The molecule has 7 heteroatoms. The number of aryl methyl sites for hydroxylation is 1. The average Bonchev–Trinajstić information content (AvgIpc) is 3.28. The van der Waals surface area contributed by atoms with Crippen LogP contribution in [-0.4, -0.2) is 44.1 Å². The van der Waals surface area contributed by atoms with Crippen molar-refractivity contribution >= 4 is 28.2 Å². The molecule has 1 saturated heterocycles. The van der Waals surface area contributed by atoms with E-state index in [1.807, 2.05) is 29.0 Å². The van der Waals surface area contributed by atoms with Crippen LogP contribution < -0.4 is 5.32 Å². The van der Waals surface area contributed by atoms with Crippen LogP contribution in [-0.2, 0) is 11.3 Å². The Hall–Kier alpha value is -2.09. The SMILES string of the molecule is Cc1c(-c2nccs2)ccc2c1ncn2CC(=O)C[C@H]1NCCC[C@@H]1O. The fourth-order valence-corrected chi connectivity index (χ4v) is 4.35. The number of nitrogens with one attached hydrogen (secondary N) is 1. The second kappa shape index (κ2) is 7.26. The predicted octanol–water partition coefficient (Wildman–Crippen LogP) is 2.54. The van der Waals surface area contributed by atoms with E-state index in [0.717, 1.165) is 46.6 Å².